The molecule has 6 nitrogen and oxygen atoms in total. The van der Waals surface area contributed by atoms with Crippen LogP contribution in [0.25, 0.3) is 5.69 Å². The fraction of sp³-hybridized carbons (Fsp3) is 0.0909. The van der Waals surface area contributed by atoms with Gasteiger partial charge in [0.25, 0.3) is 0 Å². The van der Waals surface area contributed by atoms with Gasteiger partial charge in [-0.3, -0.25) is 5.01 Å². The van der Waals surface area contributed by atoms with Crippen LogP contribution < -0.4 is 11.1 Å². The van der Waals surface area contributed by atoms with Gasteiger partial charge < -0.3 is 0 Å². The fourth-order valence-corrected chi connectivity index (χ4v) is 2.17. The maximum Gasteiger partial charge on any atom is 0.177 e. The first-order valence-corrected chi connectivity index (χ1v) is 6.24. The van der Waals surface area contributed by atoms with Crippen molar-refractivity contribution in [1.29, 1.82) is 0 Å². The first-order chi connectivity index (χ1) is 9.16. The molecule has 0 saturated heterocycles. The number of hydrogen-bond donors (Lipinski definition) is 2. The summed E-state index contributed by atoms with van der Waals surface area (Å²) in [6.07, 6.45) is 1.67. The van der Waals surface area contributed by atoms with Crippen molar-refractivity contribution in [3.05, 3.63) is 46.2 Å². The summed E-state index contributed by atoms with van der Waals surface area (Å²) in [5.41, 5.74) is 7.04. The van der Waals surface area contributed by atoms with E-state index in [4.69, 9.17) is 23.2 Å². The van der Waals surface area contributed by atoms with Crippen LogP contribution in [0.4, 0.5) is 0 Å². The van der Waals surface area contributed by atoms with Crippen LogP contribution in [0.15, 0.2) is 35.6 Å². The fourth-order valence-electron chi connectivity index (χ4n) is 1.77. The van der Waals surface area contributed by atoms with Crippen LogP contribution in [0.1, 0.15) is 5.56 Å². The van der Waals surface area contributed by atoms with E-state index in [-0.39, 0.29) is 0 Å². The van der Waals surface area contributed by atoms with Gasteiger partial charge in [-0.25, -0.2) is 10.2 Å². The average molecular weight is 297 g/mol. The van der Waals surface area contributed by atoms with Gasteiger partial charge in [0, 0.05) is 12.1 Å². The minimum absolute atomic E-state index is 0.485. The number of benzene rings is 1. The highest BCUT2D eigenvalue weighted by Crippen LogP contribution is 2.22. The van der Waals surface area contributed by atoms with Crippen LogP contribution in [0, 0.1) is 0 Å². The Bertz CT molecular complexity index is 633. The number of hydrazone groups is 1. The maximum atomic E-state index is 6.35. The second-order valence-corrected chi connectivity index (χ2v) is 4.75. The topological polar surface area (TPSA) is 57.5 Å². The molecular weight excluding hydrogens is 287 g/mol. The third-order valence-electron chi connectivity index (χ3n) is 2.72. The molecule has 2 aromatic rings. The Balaban J connectivity index is 2.01. The Morgan fingerprint density at radius 3 is 2.53 bits per heavy atom. The van der Waals surface area contributed by atoms with E-state index in [1.807, 2.05) is 19.2 Å². The van der Waals surface area contributed by atoms with E-state index >= 15 is 0 Å². The molecule has 19 heavy (non-hydrogen) atoms. The van der Waals surface area contributed by atoms with Crippen LogP contribution in [-0.2, 0) is 0 Å². The summed E-state index contributed by atoms with van der Waals surface area (Å²) in [6.45, 7) is 0. The van der Waals surface area contributed by atoms with E-state index in [0.29, 0.717) is 16.0 Å². The minimum atomic E-state index is 0.485. The summed E-state index contributed by atoms with van der Waals surface area (Å²) in [5.74, 6) is 0.671. The van der Waals surface area contributed by atoms with Crippen LogP contribution >= 0.6 is 23.2 Å². The molecular formula is C11H10Cl2N6. The van der Waals surface area contributed by atoms with Crippen molar-refractivity contribution in [1.82, 2.24) is 25.9 Å². The lowest BCUT2D eigenvalue weighted by molar-refractivity contribution is 0.349. The normalized spacial score (nSPS) is 14.5. The number of nitrogens with one attached hydrogen (secondary N) is 2. The Morgan fingerprint density at radius 2 is 1.89 bits per heavy atom. The number of amidine groups is 1. The number of nitrogens with zero attached hydrogens (tertiary/aromatic N) is 4. The Labute approximate surface area is 119 Å². The van der Waals surface area contributed by atoms with E-state index in [2.05, 4.69) is 21.3 Å². The third kappa shape index (κ3) is 2.14. The zero-order valence-electron chi connectivity index (χ0n) is 9.93. The predicted octanol–water partition coefficient (Wildman–Crippen LogP) is 1.80. The first-order valence-electron chi connectivity index (χ1n) is 5.49. The van der Waals surface area contributed by atoms with Crippen molar-refractivity contribution in [3.63, 3.8) is 0 Å². The lowest BCUT2D eigenvalue weighted by atomic mass is 10.3. The van der Waals surface area contributed by atoms with Crippen LogP contribution in [0.5, 0.6) is 0 Å². The van der Waals surface area contributed by atoms with E-state index in [1.165, 1.54) is 0 Å². The number of halogens is 2. The zero-order chi connectivity index (χ0) is 13.4. The van der Waals surface area contributed by atoms with Gasteiger partial charge in [-0.1, -0.05) is 23.2 Å². The van der Waals surface area contributed by atoms with Gasteiger partial charge in [0.05, 0.1) is 17.4 Å². The van der Waals surface area contributed by atoms with Crippen molar-refractivity contribution in [2.45, 2.75) is 0 Å². The van der Waals surface area contributed by atoms with Gasteiger partial charge in [-0.05, 0) is 24.3 Å². The molecule has 0 saturated carbocycles. The minimum Gasteiger partial charge on any atom is -0.274 e. The maximum absolute atomic E-state index is 6.35. The molecule has 8 heteroatoms. The second kappa shape index (κ2) is 4.73. The number of hydrogen-bond acceptors (Lipinski definition) is 5. The smallest absolute Gasteiger partial charge is 0.177 e. The summed E-state index contributed by atoms with van der Waals surface area (Å²) >= 11 is 12.2. The largest absolute Gasteiger partial charge is 0.274 e. The summed E-state index contributed by atoms with van der Waals surface area (Å²) in [6, 6.07) is 7.27. The molecule has 0 unspecified atom stereocenters. The molecule has 1 aromatic carbocycles. The van der Waals surface area contributed by atoms with E-state index in [9.17, 15) is 0 Å². The van der Waals surface area contributed by atoms with Crippen LogP contribution in [0.2, 0.25) is 10.2 Å². The number of aromatic nitrogens is 2. The second-order valence-electron chi connectivity index (χ2n) is 3.96. The average Bonchev–Trinajstić information content (AvgIpc) is 2.97. The van der Waals surface area contributed by atoms with Gasteiger partial charge >= 0.3 is 0 Å². The summed E-state index contributed by atoms with van der Waals surface area (Å²) in [4.78, 5) is 0. The molecule has 0 aliphatic carbocycles. The van der Waals surface area contributed by atoms with Crippen molar-refractivity contribution < 1.29 is 0 Å². The summed E-state index contributed by atoms with van der Waals surface area (Å²) in [7, 11) is 1.83. The molecule has 2 N–H and O–H groups in total. The third-order valence-corrected chi connectivity index (χ3v) is 3.34. The molecule has 1 aromatic heterocycles. The molecule has 1 aliphatic rings. The van der Waals surface area contributed by atoms with Crippen molar-refractivity contribution in [3.8, 4) is 5.69 Å². The van der Waals surface area contributed by atoms with Crippen molar-refractivity contribution in [2.75, 3.05) is 7.05 Å². The van der Waals surface area contributed by atoms with Gasteiger partial charge in [0.2, 0.25) is 0 Å². The number of hydrazine groups is 2. The molecule has 3 rings (SSSR count). The van der Waals surface area contributed by atoms with Gasteiger partial charge in [-0.2, -0.15) is 5.10 Å². The molecule has 0 atom stereocenters. The van der Waals surface area contributed by atoms with E-state index in [1.54, 1.807) is 28.0 Å². The Morgan fingerprint density at radius 1 is 1.16 bits per heavy atom. The summed E-state index contributed by atoms with van der Waals surface area (Å²) < 4.78 is 1.63. The van der Waals surface area contributed by atoms with Crippen LogP contribution in [-0.4, -0.2) is 27.7 Å². The van der Waals surface area contributed by atoms with Gasteiger partial charge in [-0.15, -0.1) is 10.6 Å². The zero-order valence-corrected chi connectivity index (χ0v) is 11.4. The Hall–Kier alpha value is -1.76. The van der Waals surface area contributed by atoms with E-state index < -0.39 is 0 Å². The predicted molar refractivity (Wildman–Crippen MR) is 74.2 cm³/mol. The standard InChI is InChI=1S/C11H10Cl2N6/c1-18-11(15-16-17-18)9-6-14-19(10(9)13)8-4-2-7(12)3-5-8/h2-6,16-17H,1H3. The summed E-state index contributed by atoms with van der Waals surface area (Å²) in [5, 5.41) is 11.2. The Kier molecular flexibility index (Phi) is 3.06. The van der Waals surface area contributed by atoms with Crippen LogP contribution in [0.3, 0.4) is 0 Å². The molecule has 0 fully saturated rings. The lowest BCUT2D eigenvalue weighted by Gasteiger charge is -2.11. The highest BCUT2D eigenvalue weighted by molar-refractivity contribution is 6.33. The van der Waals surface area contributed by atoms with Gasteiger partial charge in [0.15, 0.2) is 5.84 Å². The monoisotopic (exact) mass is 296 g/mol. The molecule has 0 amide bonds. The first kappa shape index (κ1) is 12.3. The highest BCUT2D eigenvalue weighted by Gasteiger charge is 2.21. The van der Waals surface area contributed by atoms with Gasteiger partial charge in [0.1, 0.15) is 5.15 Å². The van der Waals surface area contributed by atoms with Crippen molar-refractivity contribution in [2.24, 2.45) is 5.10 Å². The molecule has 0 spiro atoms. The molecule has 0 radical (unpaired) electrons. The lowest BCUT2D eigenvalue weighted by Crippen LogP contribution is -2.37. The van der Waals surface area contributed by atoms with E-state index in [0.717, 1.165) is 11.3 Å². The SMILES string of the molecule is CN1NNN=C1c1cnn(-c2ccc(Cl)cc2)c1Cl. The molecule has 2 heterocycles. The quantitative estimate of drug-likeness (QED) is 0.887. The highest BCUT2D eigenvalue weighted by atomic mass is 35.5. The molecule has 98 valence electrons. The molecule has 1 aliphatic heterocycles. The number of rotatable bonds is 2. The van der Waals surface area contributed by atoms with Crippen molar-refractivity contribution >= 4 is 29.0 Å². The molecule has 0 bridgehead atoms.